The molecule has 2 N–H and O–H groups in total. The summed E-state index contributed by atoms with van der Waals surface area (Å²) in [6.07, 6.45) is 1.64. The summed E-state index contributed by atoms with van der Waals surface area (Å²) in [5, 5.41) is 6.23. The molecule has 1 amide bonds. The zero-order valence-electron chi connectivity index (χ0n) is 15.5. The number of hydrogen-bond donors (Lipinski definition) is 2. The summed E-state index contributed by atoms with van der Waals surface area (Å²) < 4.78 is 5.13. The topological polar surface area (TPSA) is 63.2 Å². The van der Waals surface area contributed by atoms with Gasteiger partial charge in [-0.15, -0.1) is 0 Å². The quantitative estimate of drug-likeness (QED) is 0.669. The van der Waals surface area contributed by atoms with Gasteiger partial charge in [-0.25, -0.2) is 0 Å². The molecule has 0 aliphatic heterocycles. The summed E-state index contributed by atoms with van der Waals surface area (Å²) in [6.45, 7) is 3.20. The summed E-state index contributed by atoms with van der Waals surface area (Å²) in [7, 11) is 1.63. The number of carbonyl (C=O) groups is 1. The Hall–Kier alpha value is -3.34. The number of hydrogen-bond acceptors (Lipinski definition) is 4. The first kappa shape index (κ1) is 18.5. The van der Waals surface area contributed by atoms with E-state index in [0.29, 0.717) is 18.8 Å². The van der Waals surface area contributed by atoms with Gasteiger partial charge in [0.2, 0.25) is 0 Å². The number of aromatic nitrogens is 1. The van der Waals surface area contributed by atoms with Crippen molar-refractivity contribution in [2.75, 3.05) is 12.4 Å². The zero-order valence-corrected chi connectivity index (χ0v) is 15.5. The molecule has 0 bridgehead atoms. The van der Waals surface area contributed by atoms with Gasteiger partial charge in [0.25, 0.3) is 5.91 Å². The second-order valence-corrected chi connectivity index (χ2v) is 6.30. The van der Waals surface area contributed by atoms with Gasteiger partial charge in [-0.2, -0.15) is 0 Å². The molecule has 27 heavy (non-hydrogen) atoms. The largest absolute Gasteiger partial charge is 0.497 e. The van der Waals surface area contributed by atoms with Crippen LogP contribution in [0, 0.1) is 6.92 Å². The molecule has 0 saturated carbocycles. The van der Waals surface area contributed by atoms with Crippen LogP contribution >= 0.6 is 0 Å². The standard InChI is InChI=1S/C22H23N3O2/c1-16-4-3-5-18(12-16)15-24-19-10-11-23-21(13-19)22(26)25-14-17-6-8-20(27-2)9-7-17/h3-13H,14-15H2,1-2H3,(H,23,24)(H,25,26). The molecule has 2 aromatic carbocycles. The Labute approximate surface area is 159 Å². The average Bonchev–Trinajstić information content (AvgIpc) is 2.71. The van der Waals surface area contributed by atoms with Crippen LogP contribution in [0.2, 0.25) is 0 Å². The van der Waals surface area contributed by atoms with Crippen LogP contribution in [0.1, 0.15) is 27.2 Å². The lowest BCUT2D eigenvalue weighted by molar-refractivity contribution is 0.0946. The summed E-state index contributed by atoms with van der Waals surface area (Å²) in [4.78, 5) is 16.6. The molecule has 0 saturated heterocycles. The van der Waals surface area contributed by atoms with Gasteiger partial charge in [0, 0.05) is 25.0 Å². The predicted molar refractivity (Wildman–Crippen MR) is 107 cm³/mol. The molecule has 5 nitrogen and oxygen atoms in total. The fourth-order valence-corrected chi connectivity index (χ4v) is 2.71. The molecule has 5 heteroatoms. The van der Waals surface area contributed by atoms with Crippen molar-refractivity contribution in [2.24, 2.45) is 0 Å². The number of carbonyl (C=O) groups excluding carboxylic acids is 1. The lowest BCUT2D eigenvalue weighted by atomic mass is 10.1. The van der Waals surface area contributed by atoms with Gasteiger partial charge in [0.05, 0.1) is 7.11 Å². The lowest BCUT2D eigenvalue weighted by Crippen LogP contribution is -2.23. The molecule has 0 radical (unpaired) electrons. The van der Waals surface area contributed by atoms with Gasteiger partial charge in [0.15, 0.2) is 0 Å². The summed E-state index contributed by atoms with van der Waals surface area (Å²) in [5.41, 5.74) is 4.66. The number of amides is 1. The monoisotopic (exact) mass is 361 g/mol. The maximum Gasteiger partial charge on any atom is 0.270 e. The van der Waals surface area contributed by atoms with Crippen molar-refractivity contribution < 1.29 is 9.53 Å². The van der Waals surface area contributed by atoms with E-state index in [1.807, 2.05) is 36.4 Å². The highest BCUT2D eigenvalue weighted by atomic mass is 16.5. The number of aryl methyl sites for hydroxylation is 1. The smallest absolute Gasteiger partial charge is 0.270 e. The molecular weight excluding hydrogens is 338 g/mol. The maximum absolute atomic E-state index is 12.4. The molecule has 0 aliphatic carbocycles. The van der Waals surface area contributed by atoms with E-state index in [2.05, 4.69) is 40.7 Å². The average molecular weight is 361 g/mol. The van der Waals surface area contributed by atoms with Crippen LogP contribution in [-0.2, 0) is 13.1 Å². The molecule has 3 rings (SSSR count). The predicted octanol–water partition coefficient (Wildman–Crippen LogP) is 3.94. The van der Waals surface area contributed by atoms with Crippen molar-refractivity contribution in [2.45, 2.75) is 20.0 Å². The molecule has 0 spiro atoms. The minimum Gasteiger partial charge on any atom is -0.497 e. The Balaban J connectivity index is 1.57. The first-order valence-corrected chi connectivity index (χ1v) is 8.80. The van der Waals surface area contributed by atoms with Gasteiger partial charge >= 0.3 is 0 Å². The third-order valence-corrected chi connectivity index (χ3v) is 4.18. The van der Waals surface area contributed by atoms with Crippen molar-refractivity contribution in [1.29, 1.82) is 0 Å². The molecule has 1 heterocycles. The highest BCUT2D eigenvalue weighted by molar-refractivity contribution is 5.93. The van der Waals surface area contributed by atoms with E-state index in [0.717, 1.165) is 17.0 Å². The molecule has 0 fully saturated rings. The van der Waals surface area contributed by atoms with Crippen LogP contribution in [0.5, 0.6) is 5.75 Å². The minimum atomic E-state index is -0.204. The van der Waals surface area contributed by atoms with Crippen molar-refractivity contribution in [3.63, 3.8) is 0 Å². The van der Waals surface area contributed by atoms with Crippen molar-refractivity contribution in [3.05, 3.63) is 89.2 Å². The highest BCUT2D eigenvalue weighted by Gasteiger charge is 2.08. The first-order valence-electron chi connectivity index (χ1n) is 8.80. The summed E-state index contributed by atoms with van der Waals surface area (Å²) in [6, 6.07) is 19.5. The Morgan fingerprint density at radius 3 is 2.56 bits per heavy atom. The van der Waals surface area contributed by atoms with Crippen molar-refractivity contribution in [3.8, 4) is 5.75 Å². The van der Waals surface area contributed by atoms with Gasteiger partial charge < -0.3 is 15.4 Å². The van der Waals surface area contributed by atoms with Crippen LogP contribution < -0.4 is 15.4 Å². The fourth-order valence-electron chi connectivity index (χ4n) is 2.71. The second kappa shape index (κ2) is 8.85. The van der Waals surface area contributed by atoms with Gasteiger partial charge in [0.1, 0.15) is 11.4 Å². The Kier molecular flexibility index (Phi) is 6.05. The SMILES string of the molecule is COc1ccc(CNC(=O)c2cc(NCc3cccc(C)c3)ccn2)cc1. The molecule has 1 aromatic heterocycles. The van der Waals surface area contributed by atoms with Crippen LogP contribution in [0.3, 0.4) is 0 Å². The van der Waals surface area contributed by atoms with E-state index >= 15 is 0 Å². The molecular formula is C22H23N3O2. The van der Waals surface area contributed by atoms with E-state index in [1.165, 1.54) is 11.1 Å². The molecule has 3 aromatic rings. The minimum absolute atomic E-state index is 0.204. The van der Waals surface area contributed by atoms with Crippen LogP contribution in [0.25, 0.3) is 0 Å². The van der Waals surface area contributed by atoms with Gasteiger partial charge in [-0.1, -0.05) is 42.0 Å². The fraction of sp³-hybridized carbons (Fsp3) is 0.182. The van der Waals surface area contributed by atoms with Crippen LogP contribution in [-0.4, -0.2) is 18.0 Å². The normalized spacial score (nSPS) is 10.3. The Bertz CT molecular complexity index is 907. The molecule has 0 unspecified atom stereocenters. The summed E-state index contributed by atoms with van der Waals surface area (Å²) >= 11 is 0. The third kappa shape index (κ3) is 5.31. The van der Waals surface area contributed by atoms with Crippen molar-refractivity contribution in [1.82, 2.24) is 10.3 Å². The number of benzene rings is 2. The number of rotatable bonds is 7. The van der Waals surface area contributed by atoms with E-state index in [-0.39, 0.29) is 5.91 Å². The van der Waals surface area contributed by atoms with Gasteiger partial charge in [-0.3, -0.25) is 9.78 Å². The van der Waals surface area contributed by atoms with Crippen LogP contribution in [0.4, 0.5) is 5.69 Å². The second-order valence-electron chi connectivity index (χ2n) is 6.30. The number of pyridine rings is 1. The molecule has 0 aliphatic rings. The lowest BCUT2D eigenvalue weighted by Gasteiger charge is -2.09. The van der Waals surface area contributed by atoms with E-state index < -0.39 is 0 Å². The number of nitrogens with zero attached hydrogens (tertiary/aromatic N) is 1. The highest BCUT2D eigenvalue weighted by Crippen LogP contribution is 2.13. The number of anilines is 1. The number of ether oxygens (including phenoxy) is 1. The number of nitrogens with one attached hydrogen (secondary N) is 2. The van der Waals surface area contributed by atoms with Crippen LogP contribution in [0.15, 0.2) is 66.9 Å². The maximum atomic E-state index is 12.4. The number of methoxy groups -OCH3 is 1. The third-order valence-electron chi connectivity index (χ3n) is 4.18. The molecule has 0 atom stereocenters. The first-order chi connectivity index (χ1) is 13.1. The van der Waals surface area contributed by atoms with E-state index in [4.69, 9.17) is 4.74 Å². The van der Waals surface area contributed by atoms with Crippen molar-refractivity contribution >= 4 is 11.6 Å². The molecule has 138 valence electrons. The zero-order chi connectivity index (χ0) is 19.1. The summed E-state index contributed by atoms with van der Waals surface area (Å²) in [5.74, 6) is 0.587. The Morgan fingerprint density at radius 1 is 1.00 bits per heavy atom. The van der Waals surface area contributed by atoms with E-state index in [9.17, 15) is 4.79 Å². The Morgan fingerprint density at radius 2 is 1.81 bits per heavy atom. The van der Waals surface area contributed by atoms with E-state index in [1.54, 1.807) is 19.4 Å². The van der Waals surface area contributed by atoms with Gasteiger partial charge in [-0.05, 0) is 42.3 Å².